The summed E-state index contributed by atoms with van der Waals surface area (Å²) >= 11 is 0. The Labute approximate surface area is 393 Å². The second-order valence-corrected chi connectivity index (χ2v) is 17.4. The molecular formula is C64H38N4. The lowest BCUT2D eigenvalue weighted by atomic mass is 9.89. The largest absolute Gasteiger partial charge is 0.208 e. The maximum absolute atomic E-state index is 10.1. The molecule has 11 aromatic carbocycles. The van der Waals surface area contributed by atoms with Gasteiger partial charge in [-0.1, -0.05) is 194 Å². The van der Waals surface area contributed by atoms with Crippen molar-refractivity contribution in [1.29, 1.82) is 5.26 Å². The number of hydrogen-bond acceptors (Lipinski definition) is 4. The minimum Gasteiger partial charge on any atom is -0.208 e. The summed E-state index contributed by atoms with van der Waals surface area (Å²) in [6.45, 7) is 0. The molecule has 0 spiro atoms. The van der Waals surface area contributed by atoms with Crippen LogP contribution in [0.1, 0.15) is 5.56 Å². The third-order valence-corrected chi connectivity index (χ3v) is 13.5. The summed E-state index contributed by atoms with van der Waals surface area (Å²) < 4.78 is 0. The van der Waals surface area contributed by atoms with E-state index in [1.165, 1.54) is 60.1 Å². The Balaban J connectivity index is 0.884. The molecule has 314 valence electrons. The molecule has 1 heterocycles. The van der Waals surface area contributed by atoms with Crippen LogP contribution in [0.3, 0.4) is 0 Å². The van der Waals surface area contributed by atoms with Gasteiger partial charge in [0.1, 0.15) is 0 Å². The molecule has 4 nitrogen and oxygen atoms in total. The molecule has 1 aromatic heterocycles. The molecule has 0 fully saturated rings. The SMILES string of the molecule is N#Cc1ccc(-c2cccc(-c3cccc4c3ccc3ccccc34)c2)c(-c2cccc(-c3cccc(-c4nc(-c5ccccc5)nc(-c5ccc6c(c5)-c5cccc7cccc-6c57)n4)c3)c2)c1. The van der Waals surface area contributed by atoms with Crippen LogP contribution in [0.25, 0.3) is 133 Å². The van der Waals surface area contributed by atoms with E-state index in [2.05, 4.69) is 194 Å². The number of nitriles is 1. The zero-order valence-corrected chi connectivity index (χ0v) is 36.7. The number of rotatable bonds is 7. The topological polar surface area (TPSA) is 62.5 Å². The lowest BCUT2D eigenvalue weighted by Gasteiger charge is -2.15. The van der Waals surface area contributed by atoms with E-state index in [4.69, 9.17) is 15.0 Å². The van der Waals surface area contributed by atoms with Gasteiger partial charge in [0.15, 0.2) is 17.5 Å². The average Bonchev–Trinajstić information content (AvgIpc) is 3.74. The smallest absolute Gasteiger partial charge is 0.164 e. The van der Waals surface area contributed by atoms with E-state index in [0.29, 0.717) is 23.0 Å². The first-order valence-electron chi connectivity index (χ1n) is 22.9. The molecule has 0 aliphatic heterocycles. The van der Waals surface area contributed by atoms with Gasteiger partial charge in [0.25, 0.3) is 0 Å². The quantitative estimate of drug-likeness (QED) is 0.150. The monoisotopic (exact) mass is 862 g/mol. The van der Waals surface area contributed by atoms with Gasteiger partial charge in [-0.25, -0.2) is 15.0 Å². The Morgan fingerprint density at radius 3 is 1.54 bits per heavy atom. The van der Waals surface area contributed by atoms with Crippen molar-refractivity contribution in [3.63, 3.8) is 0 Å². The third kappa shape index (κ3) is 6.65. The predicted molar refractivity (Wildman–Crippen MR) is 280 cm³/mol. The number of hydrogen-bond donors (Lipinski definition) is 0. The Kier molecular flexibility index (Phi) is 9.20. The molecule has 0 bridgehead atoms. The Morgan fingerprint density at radius 1 is 0.265 bits per heavy atom. The second kappa shape index (κ2) is 16.0. The molecule has 0 N–H and O–H groups in total. The molecule has 4 heteroatoms. The highest BCUT2D eigenvalue weighted by atomic mass is 15.0. The van der Waals surface area contributed by atoms with Crippen molar-refractivity contribution in [2.45, 2.75) is 0 Å². The lowest BCUT2D eigenvalue weighted by molar-refractivity contribution is 1.07. The van der Waals surface area contributed by atoms with Crippen LogP contribution >= 0.6 is 0 Å². The number of aromatic nitrogens is 3. The Hall–Kier alpha value is -9.30. The second-order valence-electron chi connectivity index (χ2n) is 17.4. The fourth-order valence-corrected chi connectivity index (χ4v) is 10.2. The predicted octanol–water partition coefficient (Wildman–Crippen LogP) is 16.5. The van der Waals surface area contributed by atoms with Crippen LogP contribution in [0.5, 0.6) is 0 Å². The van der Waals surface area contributed by atoms with E-state index in [-0.39, 0.29) is 0 Å². The van der Waals surface area contributed by atoms with E-state index < -0.39 is 0 Å². The van der Waals surface area contributed by atoms with Gasteiger partial charge in [-0.15, -0.1) is 0 Å². The molecule has 13 rings (SSSR count). The molecule has 0 atom stereocenters. The average molecular weight is 863 g/mol. The van der Waals surface area contributed by atoms with Gasteiger partial charge in [-0.2, -0.15) is 5.26 Å². The fraction of sp³-hybridized carbons (Fsp3) is 0. The van der Waals surface area contributed by atoms with Gasteiger partial charge in [-0.05, 0) is 135 Å². The van der Waals surface area contributed by atoms with Crippen LogP contribution < -0.4 is 0 Å². The standard InChI is InChI=1S/C64H38N4/c65-39-40-28-31-53(47-20-8-19-46(37-47)52-24-11-25-54-51-23-5-4-12-41(51)29-32-55(52)54)59(34-40)48-21-6-17-44(35-48)45-18-7-22-49(36-45)63-66-62(43-13-2-1-3-14-43)67-64(68-63)50-30-33-56-57-26-9-15-42-16-10-27-58(61(42)57)60(56)38-50/h1-38H. The van der Waals surface area contributed by atoms with Crippen molar-refractivity contribution in [2.75, 3.05) is 0 Å². The summed E-state index contributed by atoms with van der Waals surface area (Å²) in [5.74, 6) is 1.84. The summed E-state index contributed by atoms with van der Waals surface area (Å²) in [6.07, 6.45) is 0. The molecule has 0 amide bonds. The van der Waals surface area contributed by atoms with E-state index in [0.717, 1.165) is 55.6 Å². The third-order valence-electron chi connectivity index (χ3n) is 13.5. The Morgan fingerprint density at radius 2 is 0.779 bits per heavy atom. The molecule has 0 saturated heterocycles. The van der Waals surface area contributed by atoms with Crippen molar-refractivity contribution in [1.82, 2.24) is 15.0 Å². The minimum atomic E-state index is 0.598. The van der Waals surface area contributed by atoms with E-state index in [1.54, 1.807) is 0 Å². The van der Waals surface area contributed by atoms with Crippen LogP contribution in [0, 0.1) is 11.3 Å². The van der Waals surface area contributed by atoms with Crippen LogP contribution in [0.15, 0.2) is 231 Å². The summed E-state index contributed by atoms with van der Waals surface area (Å²) in [6, 6.07) is 83.5. The summed E-state index contributed by atoms with van der Waals surface area (Å²) in [7, 11) is 0. The van der Waals surface area contributed by atoms with Crippen molar-refractivity contribution in [3.05, 3.63) is 236 Å². The Bertz CT molecular complexity index is 4050. The fourth-order valence-electron chi connectivity index (χ4n) is 10.2. The van der Waals surface area contributed by atoms with E-state index >= 15 is 0 Å². The summed E-state index contributed by atoms with van der Waals surface area (Å²) in [5, 5.41) is 17.6. The molecule has 0 radical (unpaired) electrons. The molecule has 1 aliphatic rings. The zero-order valence-electron chi connectivity index (χ0n) is 36.7. The minimum absolute atomic E-state index is 0.598. The van der Waals surface area contributed by atoms with Crippen molar-refractivity contribution in [2.24, 2.45) is 0 Å². The molecule has 12 aromatic rings. The van der Waals surface area contributed by atoms with Crippen LogP contribution in [0.2, 0.25) is 0 Å². The molecule has 0 unspecified atom stereocenters. The van der Waals surface area contributed by atoms with Gasteiger partial charge in [-0.3, -0.25) is 0 Å². The van der Waals surface area contributed by atoms with Crippen molar-refractivity contribution in [3.8, 4) is 107 Å². The van der Waals surface area contributed by atoms with Crippen LogP contribution in [0.4, 0.5) is 0 Å². The van der Waals surface area contributed by atoms with E-state index in [9.17, 15) is 5.26 Å². The number of benzene rings is 11. The maximum Gasteiger partial charge on any atom is 0.164 e. The maximum atomic E-state index is 10.1. The first kappa shape index (κ1) is 39.1. The summed E-state index contributed by atoms with van der Waals surface area (Å²) in [4.78, 5) is 15.4. The summed E-state index contributed by atoms with van der Waals surface area (Å²) in [5.41, 5.74) is 16.8. The molecule has 68 heavy (non-hydrogen) atoms. The van der Waals surface area contributed by atoms with E-state index in [1.807, 2.05) is 42.5 Å². The van der Waals surface area contributed by atoms with Crippen molar-refractivity contribution < 1.29 is 0 Å². The van der Waals surface area contributed by atoms with Crippen LogP contribution in [-0.4, -0.2) is 15.0 Å². The number of nitrogens with zero attached hydrogens (tertiary/aromatic N) is 4. The zero-order chi connectivity index (χ0) is 45.1. The highest BCUT2D eigenvalue weighted by Crippen LogP contribution is 2.48. The highest BCUT2D eigenvalue weighted by molar-refractivity contribution is 6.16. The highest BCUT2D eigenvalue weighted by Gasteiger charge is 2.23. The number of fused-ring (bicyclic) bond motifs is 6. The van der Waals surface area contributed by atoms with Gasteiger partial charge in [0.2, 0.25) is 0 Å². The van der Waals surface area contributed by atoms with Gasteiger partial charge in [0, 0.05) is 16.7 Å². The first-order chi connectivity index (χ1) is 33.6. The lowest BCUT2D eigenvalue weighted by Crippen LogP contribution is -2.00. The molecule has 1 aliphatic carbocycles. The van der Waals surface area contributed by atoms with Gasteiger partial charge >= 0.3 is 0 Å². The van der Waals surface area contributed by atoms with Gasteiger partial charge in [0.05, 0.1) is 11.6 Å². The first-order valence-corrected chi connectivity index (χ1v) is 22.9. The normalized spacial score (nSPS) is 11.5. The molecular weight excluding hydrogens is 825 g/mol. The van der Waals surface area contributed by atoms with Gasteiger partial charge < -0.3 is 0 Å². The van der Waals surface area contributed by atoms with Crippen LogP contribution in [-0.2, 0) is 0 Å². The molecule has 0 saturated carbocycles. The van der Waals surface area contributed by atoms with Crippen molar-refractivity contribution >= 4 is 32.3 Å².